The van der Waals surface area contributed by atoms with Crippen molar-refractivity contribution in [1.82, 2.24) is 9.97 Å². The smallest absolute Gasteiger partial charge is 0.238 e. The quantitative estimate of drug-likeness (QED) is 0.687. The predicted molar refractivity (Wildman–Crippen MR) is 97.8 cm³/mol. The first kappa shape index (κ1) is 17.2. The van der Waals surface area contributed by atoms with Crippen LogP contribution in [0.5, 0.6) is 0 Å². The molecule has 0 unspecified atom stereocenters. The van der Waals surface area contributed by atoms with Crippen molar-refractivity contribution < 1.29 is 8.42 Å². The number of sulfonamides is 1. The van der Waals surface area contributed by atoms with Crippen molar-refractivity contribution in [2.75, 3.05) is 47.4 Å². The highest BCUT2D eigenvalue weighted by Gasteiger charge is 2.22. The summed E-state index contributed by atoms with van der Waals surface area (Å²) in [5.41, 5.74) is 14.1. The number of aromatic nitrogens is 2. The molecule has 1 aliphatic heterocycles. The molecule has 0 atom stereocenters. The lowest BCUT2D eigenvalue weighted by Gasteiger charge is -2.38. The number of hydrogen-bond donors (Lipinski definition) is 3. The summed E-state index contributed by atoms with van der Waals surface area (Å²) >= 11 is 0. The van der Waals surface area contributed by atoms with Crippen molar-refractivity contribution in [3.63, 3.8) is 0 Å². The van der Waals surface area contributed by atoms with Gasteiger partial charge in [0.25, 0.3) is 0 Å². The number of aryl methyl sites for hydroxylation is 1. The Kier molecular flexibility index (Phi) is 4.39. The third kappa shape index (κ3) is 3.59. The number of rotatable bonds is 3. The molecule has 25 heavy (non-hydrogen) atoms. The minimum Gasteiger partial charge on any atom is -0.382 e. The van der Waals surface area contributed by atoms with E-state index < -0.39 is 10.0 Å². The molecule has 0 aliphatic carbocycles. The van der Waals surface area contributed by atoms with Gasteiger partial charge >= 0.3 is 0 Å². The van der Waals surface area contributed by atoms with Crippen molar-refractivity contribution in [1.29, 1.82) is 0 Å². The highest BCUT2D eigenvalue weighted by molar-refractivity contribution is 7.89. The topological polar surface area (TPSA) is 144 Å². The standard InChI is InChI=1S/C15H21N7O2S/c1-10-13(14(16)20-15(17)19-10)22-8-6-21(7-9-22)11-2-4-12(5-3-11)25(18,23)24/h2-5H,6-9H2,1H3,(H2,18,23,24)(H4,16,17,19,20). The number of primary sulfonamides is 1. The van der Waals surface area contributed by atoms with Crippen LogP contribution in [0.4, 0.5) is 23.1 Å². The van der Waals surface area contributed by atoms with Crippen LogP contribution in [0.15, 0.2) is 29.2 Å². The fraction of sp³-hybridized carbons (Fsp3) is 0.333. The second kappa shape index (κ2) is 6.37. The van der Waals surface area contributed by atoms with Gasteiger partial charge in [0.2, 0.25) is 16.0 Å². The fourth-order valence-corrected chi connectivity index (χ4v) is 3.55. The molecule has 0 spiro atoms. The predicted octanol–water partition coefficient (Wildman–Crippen LogP) is -0.0766. The molecule has 0 saturated carbocycles. The molecular weight excluding hydrogens is 342 g/mol. The van der Waals surface area contributed by atoms with Gasteiger partial charge in [0.05, 0.1) is 10.6 Å². The van der Waals surface area contributed by atoms with E-state index >= 15 is 0 Å². The molecule has 2 aromatic rings. The number of nitrogens with zero attached hydrogens (tertiary/aromatic N) is 4. The lowest BCUT2D eigenvalue weighted by atomic mass is 10.2. The molecule has 2 heterocycles. The summed E-state index contributed by atoms with van der Waals surface area (Å²) in [6.45, 7) is 4.88. The van der Waals surface area contributed by atoms with Crippen LogP contribution in [0.1, 0.15) is 5.69 Å². The van der Waals surface area contributed by atoms with Crippen LogP contribution in [0.25, 0.3) is 0 Å². The molecule has 1 aromatic heterocycles. The van der Waals surface area contributed by atoms with E-state index in [4.69, 9.17) is 16.6 Å². The summed E-state index contributed by atoms with van der Waals surface area (Å²) in [5.74, 6) is 0.559. The fourth-order valence-electron chi connectivity index (χ4n) is 3.04. The van der Waals surface area contributed by atoms with E-state index in [2.05, 4.69) is 19.8 Å². The van der Waals surface area contributed by atoms with Crippen LogP contribution in [0, 0.1) is 6.92 Å². The van der Waals surface area contributed by atoms with E-state index in [0.717, 1.165) is 43.2 Å². The zero-order chi connectivity index (χ0) is 18.2. The van der Waals surface area contributed by atoms with Gasteiger partial charge < -0.3 is 21.3 Å². The number of nitrogens with two attached hydrogens (primary N) is 3. The second-order valence-electron chi connectivity index (χ2n) is 5.91. The molecule has 10 heteroatoms. The maximum absolute atomic E-state index is 11.3. The Bertz CT molecular complexity index is 852. The molecule has 1 aromatic carbocycles. The Morgan fingerprint density at radius 2 is 1.52 bits per heavy atom. The van der Waals surface area contributed by atoms with Gasteiger partial charge in [-0.15, -0.1) is 0 Å². The Balaban J connectivity index is 1.72. The van der Waals surface area contributed by atoms with Crippen LogP contribution in [-0.4, -0.2) is 44.6 Å². The van der Waals surface area contributed by atoms with E-state index in [-0.39, 0.29) is 10.8 Å². The number of hydrogen-bond acceptors (Lipinski definition) is 8. The lowest BCUT2D eigenvalue weighted by Crippen LogP contribution is -2.47. The summed E-state index contributed by atoms with van der Waals surface area (Å²) in [6, 6.07) is 6.57. The van der Waals surface area contributed by atoms with Gasteiger partial charge in [0, 0.05) is 31.9 Å². The highest BCUT2D eigenvalue weighted by atomic mass is 32.2. The molecule has 1 fully saturated rings. The third-order valence-corrected chi connectivity index (χ3v) is 5.16. The first-order valence-corrected chi connectivity index (χ1v) is 9.32. The Morgan fingerprint density at radius 1 is 0.960 bits per heavy atom. The van der Waals surface area contributed by atoms with E-state index in [1.54, 1.807) is 12.1 Å². The third-order valence-electron chi connectivity index (χ3n) is 4.23. The summed E-state index contributed by atoms with van der Waals surface area (Å²) in [5, 5.41) is 5.13. The average molecular weight is 363 g/mol. The molecule has 0 bridgehead atoms. The lowest BCUT2D eigenvalue weighted by molar-refractivity contribution is 0.597. The van der Waals surface area contributed by atoms with Crippen molar-refractivity contribution in [3.05, 3.63) is 30.0 Å². The maximum atomic E-state index is 11.3. The molecule has 6 N–H and O–H groups in total. The van der Waals surface area contributed by atoms with Crippen LogP contribution in [-0.2, 0) is 10.0 Å². The van der Waals surface area contributed by atoms with E-state index in [1.165, 1.54) is 12.1 Å². The van der Waals surface area contributed by atoms with Gasteiger partial charge in [-0.2, -0.15) is 4.98 Å². The van der Waals surface area contributed by atoms with Crippen LogP contribution in [0.2, 0.25) is 0 Å². The molecule has 1 aliphatic rings. The normalized spacial score (nSPS) is 15.4. The van der Waals surface area contributed by atoms with Crippen LogP contribution >= 0.6 is 0 Å². The maximum Gasteiger partial charge on any atom is 0.238 e. The van der Waals surface area contributed by atoms with E-state index in [1.807, 2.05) is 6.92 Å². The van der Waals surface area contributed by atoms with Crippen molar-refractivity contribution in [3.8, 4) is 0 Å². The van der Waals surface area contributed by atoms with Gasteiger partial charge in [-0.3, -0.25) is 0 Å². The summed E-state index contributed by atoms with van der Waals surface area (Å²) in [4.78, 5) is 12.6. The molecule has 3 rings (SSSR count). The summed E-state index contributed by atoms with van der Waals surface area (Å²) in [7, 11) is -3.67. The number of piperazine rings is 1. The van der Waals surface area contributed by atoms with Gasteiger partial charge in [-0.1, -0.05) is 0 Å². The highest BCUT2D eigenvalue weighted by Crippen LogP contribution is 2.27. The molecule has 9 nitrogen and oxygen atoms in total. The molecule has 0 radical (unpaired) electrons. The average Bonchev–Trinajstić information content (AvgIpc) is 2.54. The monoisotopic (exact) mass is 363 g/mol. The Hall–Kier alpha value is -2.59. The van der Waals surface area contributed by atoms with Gasteiger partial charge in [0.1, 0.15) is 5.69 Å². The summed E-state index contributed by atoms with van der Waals surface area (Å²) in [6.07, 6.45) is 0. The first-order chi connectivity index (χ1) is 11.8. The van der Waals surface area contributed by atoms with E-state index in [0.29, 0.717) is 5.82 Å². The number of benzene rings is 1. The van der Waals surface area contributed by atoms with Crippen LogP contribution < -0.4 is 26.4 Å². The van der Waals surface area contributed by atoms with Gasteiger partial charge in [-0.05, 0) is 31.2 Å². The van der Waals surface area contributed by atoms with Crippen molar-refractivity contribution in [2.24, 2.45) is 5.14 Å². The molecule has 0 amide bonds. The molecule has 134 valence electrons. The zero-order valence-electron chi connectivity index (χ0n) is 13.9. The van der Waals surface area contributed by atoms with Crippen LogP contribution in [0.3, 0.4) is 0 Å². The zero-order valence-corrected chi connectivity index (χ0v) is 14.7. The van der Waals surface area contributed by atoms with E-state index in [9.17, 15) is 8.42 Å². The second-order valence-corrected chi connectivity index (χ2v) is 7.48. The minimum atomic E-state index is -3.67. The first-order valence-electron chi connectivity index (χ1n) is 7.78. The Morgan fingerprint density at radius 3 is 2.04 bits per heavy atom. The molecular formula is C15H21N7O2S. The number of nitrogen functional groups attached to an aromatic ring is 2. The van der Waals surface area contributed by atoms with Crippen molar-refractivity contribution in [2.45, 2.75) is 11.8 Å². The van der Waals surface area contributed by atoms with Gasteiger partial charge in [-0.25, -0.2) is 18.5 Å². The Labute approximate surface area is 146 Å². The molecule has 1 saturated heterocycles. The van der Waals surface area contributed by atoms with Crippen molar-refractivity contribution >= 4 is 33.2 Å². The minimum absolute atomic E-state index is 0.109. The summed E-state index contributed by atoms with van der Waals surface area (Å²) < 4.78 is 22.7. The van der Waals surface area contributed by atoms with Gasteiger partial charge in [0.15, 0.2) is 5.82 Å². The SMILES string of the molecule is Cc1nc(N)nc(N)c1N1CCN(c2ccc(S(N)(=O)=O)cc2)CC1. The largest absolute Gasteiger partial charge is 0.382 e. The number of anilines is 4.